The number of likely N-dealkylation sites (tertiary alicyclic amines) is 1. The van der Waals surface area contributed by atoms with Gasteiger partial charge in [0.25, 0.3) is 0 Å². The molecule has 0 radical (unpaired) electrons. The summed E-state index contributed by atoms with van der Waals surface area (Å²) < 4.78 is 0. The highest BCUT2D eigenvalue weighted by atomic mass is 16.2. The van der Waals surface area contributed by atoms with E-state index in [0.29, 0.717) is 13.1 Å². The number of amides is 2. The van der Waals surface area contributed by atoms with Crippen LogP contribution in [0.2, 0.25) is 0 Å². The van der Waals surface area contributed by atoms with E-state index in [9.17, 15) is 9.59 Å². The largest absolute Gasteiger partial charge is 0.352 e. The second kappa shape index (κ2) is 9.33. The molecule has 2 N–H and O–H groups in total. The van der Waals surface area contributed by atoms with Crippen LogP contribution in [0.3, 0.4) is 0 Å². The molecule has 2 aromatic rings. The molecule has 0 aromatic heterocycles. The Morgan fingerprint density at radius 3 is 2.33 bits per heavy atom. The molecular formula is C22H27N3O2. The lowest BCUT2D eigenvalue weighted by Crippen LogP contribution is -2.43. The number of aryl methyl sites for hydroxylation is 1. The van der Waals surface area contributed by atoms with Gasteiger partial charge < -0.3 is 10.6 Å². The van der Waals surface area contributed by atoms with Gasteiger partial charge in [0, 0.05) is 18.2 Å². The average Bonchev–Trinajstić information content (AvgIpc) is 2.69. The summed E-state index contributed by atoms with van der Waals surface area (Å²) in [5, 5.41) is 5.95. The van der Waals surface area contributed by atoms with E-state index in [1.807, 2.05) is 61.5 Å². The van der Waals surface area contributed by atoms with E-state index in [2.05, 4.69) is 15.5 Å². The molecular weight excluding hydrogens is 338 g/mol. The fraction of sp³-hybridized carbons (Fsp3) is 0.364. The van der Waals surface area contributed by atoms with Gasteiger partial charge in [-0.15, -0.1) is 0 Å². The Labute approximate surface area is 160 Å². The molecule has 3 rings (SSSR count). The predicted molar refractivity (Wildman–Crippen MR) is 107 cm³/mol. The molecule has 5 heteroatoms. The van der Waals surface area contributed by atoms with Crippen molar-refractivity contribution in [2.24, 2.45) is 5.92 Å². The Bertz CT molecular complexity index is 751. The molecule has 0 spiro atoms. The highest BCUT2D eigenvalue weighted by Crippen LogP contribution is 2.18. The van der Waals surface area contributed by atoms with Gasteiger partial charge in [-0.2, -0.15) is 0 Å². The smallest absolute Gasteiger partial charge is 0.238 e. The van der Waals surface area contributed by atoms with E-state index in [1.54, 1.807) is 0 Å². The van der Waals surface area contributed by atoms with Crippen LogP contribution in [0, 0.1) is 12.8 Å². The number of anilines is 1. The summed E-state index contributed by atoms with van der Waals surface area (Å²) in [5.74, 6) is 0.138. The van der Waals surface area contributed by atoms with E-state index < -0.39 is 0 Å². The molecule has 0 aliphatic carbocycles. The summed E-state index contributed by atoms with van der Waals surface area (Å²) in [7, 11) is 0. The predicted octanol–water partition coefficient (Wildman–Crippen LogP) is 2.96. The number of nitrogens with one attached hydrogen (secondary N) is 2. The third-order valence-electron chi connectivity index (χ3n) is 4.97. The first-order valence-electron chi connectivity index (χ1n) is 9.50. The Morgan fingerprint density at radius 2 is 1.67 bits per heavy atom. The van der Waals surface area contributed by atoms with Gasteiger partial charge in [-0.05, 0) is 50.6 Å². The van der Waals surface area contributed by atoms with Crippen LogP contribution >= 0.6 is 0 Å². The lowest BCUT2D eigenvalue weighted by molar-refractivity contribution is -0.126. The molecule has 1 aliphatic heterocycles. The number of nitrogens with zero attached hydrogens (tertiary/aromatic N) is 1. The number of benzene rings is 2. The SMILES string of the molecule is Cc1ccc(NC(=O)CN2CCC(C(=O)NCc3ccccc3)CC2)cc1. The van der Waals surface area contributed by atoms with Crippen molar-refractivity contribution in [1.82, 2.24) is 10.2 Å². The van der Waals surface area contributed by atoms with Crippen molar-refractivity contribution < 1.29 is 9.59 Å². The van der Waals surface area contributed by atoms with Crippen LogP contribution < -0.4 is 10.6 Å². The third-order valence-corrected chi connectivity index (χ3v) is 4.97. The van der Waals surface area contributed by atoms with Gasteiger partial charge in [0.15, 0.2) is 0 Å². The van der Waals surface area contributed by atoms with Crippen LogP contribution in [0.4, 0.5) is 5.69 Å². The van der Waals surface area contributed by atoms with E-state index in [4.69, 9.17) is 0 Å². The van der Waals surface area contributed by atoms with Crippen LogP contribution in [-0.2, 0) is 16.1 Å². The number of carbonyl (C=O) groups excluding carboxylic acids is 2. The van der Waals surface area contributed by atoms with Crippen molar-refractivity contribution in [2.45, 2.75) is 26.3 Å². The molecule has 0 atom stereocenters. The molecule has 2 amide bonds. The maximum absolute atomic E-state index is 12.4. The molecule has 2 aromatic carbocycles. The van der Waals surface area contributed by atoms with E-state index in [-0.39, 0.29) is 17.7 Å². The van der Waals surface area contributed by atoms with Crippen molar-refractivity contribution in [3.63, 3.8) is 0 Å². The van der Waals surface area contributed by atoms with E-state index in [1.165, 1.54) is 5.56 Å². The van der Waals surface area contributed by atoms with Crippen LogP contribution in [0.5, 0.6) is 0 Å². The maximum Gasteiger partial charge on any atom is 0.238 e. The summed E-state index contributed by atoms with van der Waals surface area (Å²) in [6.07, 6.45) is 1.58. The zero-order valence-corrected chi connectivity index (χ0v) is 15.8. The second-order valence-electron chi connectivity index (χ2n) is 7.17. The average molecular weight is 365 g/mol. The number of hydrogen-bond donors (Lipinski definition) is 2. The highest BCUT2D eigenvalue weighted by Gasteiger charge is 2.25. The molecule has 0 unspecified atom stereocenters. The molecule has 1 saturated heterocycles. The van der Waals surface area contributed by atoms with E-state index >= 15 is 0 Å². The minimum atomic E-state index is -0.00849. The van der Waals surface area contributed by atoms with E-state index in [0.717, 1.165) is 37.2 Å². The quantitative estimate of drug-likeness (QED) is 0.827. The number of rotatable bonds is 6. The van der Waals surface area contributed by atoms with Crippen LogP contribution in [-0.4, -0.2) is 36.3 Å². The Balaban J connectivity index is 1.38. The summed E-state index contributed by atoms with van der Waals surface area (Å²) in [5.41, 5.74) is 3.09. The zero-order chi connectivity index (χ0) is 19.1. The first kappa shape index (κ1) is 19.1. The lowest BCUT2D eigenvalue weighted by atomic mass is 9.96. The first-order valence-corrected chi connectivity index (χ1v) is 9.50. The van der Waals surface area contributed by atoms with Gasteiger partial charge in [-0.1, -0.05) is 48.0 Å². The molecule has 142 valence electrons. The highest BCUT2D eigenvalue weighted by molar-refractivity contribution is 5.92. The van der Waals surface area contributed by atoms with Gasteiger partial charge in [0.05, 0.1) is 6.54 Å². The molecule has 0 saturated carbocycles. The summed E-state index contributed by atoms with van der Waals surface area (Å²) >= 11 is 0. The van der Waals surface area contributed by atoms with Crippen molar-refractivity contribution in [1.29, 1.82) is 0 Å². The van der Waals surface area contributed by atoms with Crippen LogP contribution in [0.1, 0.15) is 24.0 Å². The lowest BCUT2D eigenvalue weighted by Gasteiger charge is -2.30. The van der Waals surface area contributed by atoms with Crippen molar-refractivity contribution in [3.8, 4) is 0 Å². The van der Waals surface area contributed by atoms with Gasteiger partial charge >= 0.3 is 0 Å². The topological polar surface area (TPSA) is 61.4 Å². The second-order valence-corrected chi connectivity index (χ2v) is 7.17. The van der Waals surface area contributed by atoms with Crippen LogP contribution in [0.25, 0.3) is 0 Å². The summed E-state index contributed by atoms with van der Waals surface area (Å²) in [4.78, 5) is 26.7. The maximum atomic E-state index is 12.4. The normalized spacial score (nSPS) is 15.3. The molecule has 0 bridgehead atoms. The Morgan fingerprint density at radius 1 is 1.00 bits per heavy atom. The van der Waals surface area contributed by atoms with Crippen LogP contribution in [0.15, 0.2) is 54.6 Å². The fourth-order valence-electron chi connectivity index (χ4n) is 3.32. The fourth-order valence-corrected chi connectivity index (χ4v) is 3.32. The molecule has 1 aliphatic rings. The monoisotopic (exact) mass is 365 g/mol. The van der Waals surface area contributed by atoms with Gasteiger partial charge in [0.2, 0.25) is 11.8 Å². The molecule has 1 heterocycles. The molecule has 1 fully saturated rings. The minimum Gasteiger partial charge on any atom is -0.352 e. The number of carbonyl (C=O) groups is 2. The summed E-state index contributed by atoms with van der Waals surface area (Å²) in [6, 6.07) is 17.7. The number of hydrogen-bond acceptors (Lipinski definition) is 3. The first-order chi connectivity index (χ1) is 13.1. The Kier molecular flexibility index (Phi) is 6.60. The van der Waals surface area contributed by atoms with Crippen molar-refractivity contribution >= 4 is 17.5 Å². The third kappa shape index (κ3) is 5.93. The van der Waals surface area contributed by atoms with Gasteiger partial charge in [-0.3, -0.25) is 14.5 Å². The Hall–Kier alpha value is -2.66. The van der Waals surface area contributed by atoms with Crippen molar-refractivity contribution in [3.05, 3.63) is 65.7 Å². The van der Waals surface area contributed by atoms with Gasteiger partial charge in [-0.25, -0.2) is 0 Å². The minimum absolute atomic E-state index is 0.00849. The molecule has 5 nitrogen and oxygen atoms in total. The number of piperidine rings is 1. The van der Waals surface area contributed by atoms with Crippen molar-refractivity contribution in [2.75, 3.05) is 25.0 Å². The summed E-state index contributed by atoms with van der Waals surface area (Å²) in [6.45, 7) is 4.49. The molecule has 27 heavy (non-hydrogen) atoms. The standard InChI is InChI=1S/C22H27N3O2/c1-17-7-9-20(10-8-17)24-21(26)16-25-13-11-19(12-14-25)22(27)23-15-18-5-3-2-4-6-18/h2-10,19H,11-16H2,1H3,(H,23,27)(H,24,26). The zero-order valence-electron chi connectivity index (χ0n) is 15.8. The van der Waals surface area contributed by atoms with Gasteiger partial charge in [0.1, 0.15) is 0 Å².